The number of ether oxygens (including phenoxy) is 2. The Kier molecular flexibility index (Phi) is 5.78. The maximum absolute atomic E-state index is 12.6. The maximum atomic E-state index is 12.6. The number of methoxy groups -OCH3 is 1. The summed E-state index contributed by atoms with van der Waals surface area (Å²) in [6.45, 7) is 3.20. The first-order valence-electron chi connectivity index (χ1n) is 8.67. The van der Waals surface area contributed by atoms with Gasteiger partial charge in [0.25, 0.3) is 5.91 Å². The van der Waals surface area contributed by atoms with Crippen molar-refractivity contribution < 1.29 is 24.2 Å². The molecule has 1 amide bonds. The molecule has 1 aromatic carbocycles. The normalized spacial score (nSPS) is 16.4. The van der Waals surface area contributed by atoms with Crippen molar-refractivity contribution >= 4 is 33.3 Å². The highest BCUT2D eigenvalue weighted by Gasteiger charge is 2.30. The number of amides is 1. The number of carbonyl (C=O) groups is 2. The predicted molar refractivity (Wildman–Crippen MR) is 100 cm³/mol. The molecule has 140 valence electrons. The Hall–Kier alpha value is -2.12. The molecule has 0 saturated carbocycles. The topological polar surface area (TPSA) is 84.9 Å². The van der Waals surface area contributed by atoms with E-state index in [9.17, 15) is 14.7 Å². The van der Waals surface area contributed by atoms with Crippen molar-refractivity contribution in [1.82, 2.24) is 5.32 Å². The molecule has 1 unspecified atom stereocenters. The van der Waals surface area contributed by atoms with E-state index in [4.69, 9.17) is 9.47 Å². The first-order chi connectivity index (χ1) is 12.5. The van der Waals surface area contributed by atoms with E-state index in [1.54, 1.807) is 7.11 Å². The second-order valence-corrected chi connectivity index (χ2v) is 7.58. The summed E-state index contributed by atoms with van der Waals surface area (Å²) in [4.78, 5) is 24.9. The molecule has 3 rings (SSSR count). The van der Waals surface area contributed by atoms with Crippen LogP contribution >= 0.6 is 11.3 Å². The predicted octanol–water partition coefficient (Wildman–Crippen LogP) is 3.08. The molecule has 0 radical (unpaired) electrons. The second kappa shape index (κ2) is 8.05. The third-order valence-corrected chi connectivity index (χ3v) is 6.26. The zero-order chi connectivity index (χ0) is 18.7. The number of nitrogens with one attached hydrogen (secondary N) is 1. The molecule has 1 aliphatic rings. The summed E-state index contributed by atoms with van der Waals surface area (Å²) in [7, 11) is 1.61. The Labute approximate surface area is 156 Å². The zero-order valence-electron chi connectivity index (χ0n) is 14.9. The van der Waals surface area contributed by atoms with E-state index in [1.165, 1.54) is 11.3 Å². The van der Waals surface area contributed by atoms with E-state index in [-0.39, 0.29) is 18.4 Å². The van der Waals surface area contributed by atoms with E-state index >= 15 is 0 Å². The Bertz CT molecular complexity index is 810. The number of carboxylic acid groups (broad SMARTS) is 1. The summed E-state index contributed by atoms with van der Waals surface area (Å²) < 4.78 is 11.6. The van der Waals surface area contributed by atoms with Crippen molar-refractivity contribution in [3.63, 3.8) is 0 Å². The van der Waals surface area contributed by atoms with Gasteiger partial charge in [-0.2, -0.15) is 0 Å². The molecule has 0 spiro atoms. The van der Waals surface area contributed by atoms with Crippen molar-refractivity contribution in [2.24, 2.45) is 11.8 Å². The molecule has 0 bridgehead atoms. The fourth-order valence-corrected chi connectivity index (χ4v) is 4.51. The average Bonchev–Trinajstić information content (AvgIpc) is 2.98. The Morgan fingerprint density at radius 3 is 2.77 bits per heavy atom. The number of fused-ring (bicyclic) bond motifs is 1. The van der Waals surface area contributed by atoms with Crippen LogP contribution in [0.4, 0.5) is 0 Å². The van der Waals surface area contributed by atoms with Gasteiger partial charge in [0.2, 0.25) is 0 Å². The average molecular weight is 377 g/mol. The molecule has 1 fully saturated rings. The minimum atomic E-state index is -0.866. The Morgan fingerprint density at radius 2 is 2.12 bits per heavy atom. The highest BCUT2D eigenvalue weighted by atomic mass is 32.1. The molecule has 2 heterocycles. The lowest BCUT2D eigenvalue weighted by Gasteiger charge is -2.27. The number of hydrogen-bond acceptors (Lipinski definition) is 5. The van der Waals surface area contributed by atoms with Gasteiger partial charge in [0.1, 0.15) is 5.75 Å². The molecule has 7 heteroatoms. The van der Waals surface area contributed by atoms with E-state index in [2.05, 4.69) is 5.32 Å². The maximum Gasteiger partial charge on any atom is 0.308 e. The molecule has 0 aliphatic carbocycles. The molecule has 1 aromatic heterocycles. The van der Waals surface area contributed by atoms with Crippen molar-refractivity contribution in [2.75, 3.05) is 26.9 Å². The van der Waals surface area contributed by atoms with Gasteiger partial charge in [0, 0.05) is 24.5 Å². The number of carboxylic acids is 1. The first kappa shape index (κ1) is 18.7. The molecule has 1 atom stereocenters. The Morgan fingerprint density at radius 1 is 1.38 bits per heavy atom. The third kappa shape index (κ3) is 3.83. The van der Waals surface area contributed by atoms with Crippen LogP contribution in [0.2, 0.25) is 0 Å². The first-order valence-corrected chi connectivity index (χ1v) is 9.48. The van der Waals surface area contributed by atoms with Gasteiger partial charge in [-0.15, -0.1) is 11.3 Å². The van der Waals surface area contributed by atoms with Crippen LogP contribution in [0.25, 0.3) is 10.1 Å². The number of hydrogen-bond donors (Lipinski definition) is 2. The molecular formula is C19H23NO5S. The smallest absolute Gasteiger partial charge is 0.308 e. The molecular weight excluding hydrogens is 354 g/mol. The minimum Gasteiger partial charge on any atom is -0.497 e. The van der Waals surface area contributed by atoms with Gasteiger partial charge in [0.15, 0.2) is 0 Å². The second-order valence-electron chi connectivity index (χ2n) is 6.52. The van der Waals surface area contributed by atoms with Crippen LogP contribution in [0.5, 0.6) is 5.75 Å². The largest absolute Gasteiger partial charge is 0.497 e. The van der Waals surface area contributed by atoms with Crippen molar-refractivity contribution in [1.29, 1.82) is 0 Å². The molecule has 26 heavy (non-hydrogen) atoms. The van der Waals surface area contributed by atoms with Crippen LogP contribution < -0.4 is 10.1 Å². The minimum absolute atomic E-state index is 0.0364. The molecule has 1 saturated heterocycles. The van der Waals surface area contributed by atoms with Gasteiger partial charge in [-0.3, -0.25) is 9.59 Å². The van der Waals surface area contributed by atoms with Crippen LogP contribution in [0.15, 0.2) is 18.2 Å². The SMILES string of the molecule is COc1ccc2sc(C(=O)NCC(C(=O)O)C3CCOCC3)c(C)c2c1. The van der Waals surface area contributed by atoms with Crippen LogP contribution in [-0.2, 0) is 9.53 Å². The highest BCUT2D eigenvalue weighted by Crippen LogP contribution is 2.33. The summed E-state index contributed by atoms with van der Waals surface area (Å²) in [6, 6.07) is 5.72. The van der Waals surface area contributed by atoms with E-state index in [0.29, 0.717) is 30.9 Å². The summed E-state index contributed by atoms with van der Waals surface area (Å²) in [5.74, 6) is -0.890. The number of carbonyl (C=O) groups excluding carboxylic acids is 1. The number of rotatable bonds is 6. The van der Waals surface area contributed by atoms with Crippen molar-refractivity contribution in [3.8, 4) is 5.75 Å². The van der Waals surface area contributed by atoms with Crippen LogP contribution in [-0.4, -0.2) is 43.9 Å². The van der Waals surface area contributed by atoms with E-state index in [0.717, 1.165) is 21.4 Å². The lowest BCUT2D eigenvalue weighted by molar-refractivity contribution is -0.144. The number of benzene rings is 1. The van der Waals surface area contributed by atoms with Gasteiger partial charge in [0.05, 0.1) is 17.9 Å². The third-order valence-electron chi connectivity index (χ3n) is 4.98. The van der Waals surface area contributed by atoms with Gasteiger partial charge in [-0.25, -0.2) is 0 Å². The van der Waals surface area contributed by atoms with Gasteiger partial charge in [-0.1, -0.05) is 0 Å². The summed E-state index contributed by atoms with van der Waals surface area (Å²) in [5, 5.41) is 13.3. The Balaban J connectivity index is 1.73. The standard InChI is InChI=1S/C19H23NO5S/c1-11-14-9-13(24-2)3-4-16(14)26-17(11)18(21)20-10-15(19(22)23)12-5-7-25-8-6-12/h3-4,9,12,15H,5-8,10H2,1-2H3,(H,20,21)(H,22,23). The highest BCUT2D eigenvalue weighted by molar-refractivity contribution is 7.21. The quantitative estimate of drug-likeness (QED) is 0.808. The summed E-state index contributed by atoms with van der Waals surface area (Å²) in [5.41, 5.74) is 0.888. The van der Waals surface area contributed by atoms with Crippen molar-refractivity contribution in [3.05, 3.63) is 28.6 Å². The van der Waals surface area contributed by atoms with Crippen molar-refractivity contribution in [2.45, 2.75) is 19.8 Å². The fraction of sp³-hybridized carbons (Fsp3) is 0.474. The van der Waals surface area contributed by atoms with Crippen LogP contribution in [0, 0.1) is 18.8 Å². The van der Waals surface area contributed by atoms with E-state index in [1.807, 2.05) is 25.1 Å². The molecule has 2 N–H and O–H groups in total. The van der Waals surface area contributed by atoms with Gasteiger partial charge < -0.3 is 19.9 Å². The van der Waals surface area contributed by atoms with Gasteiger partial charge >= 0.3 is 5.97 Å². The van der Waals surface area contributed by atoms with Crippen LogP contribution in [0.3, 0.4) is 0 Å². The monoisotopic (exact) mass is 377 g/mol. The summed E-state index contributed by atoms with van der Waals surface area (Å²) in [6.07, 6.45) is 1.43. The number of thiophene rings is 1. The van der Waals surface area contributed by atoms with Crippen LogP contribution in [0.1, 0.15) is 28.1 Å². The summed E-state index contributed by atoms with van der Waals surface area (Å²) >= 11 is 1.41. The number of aliphatic carboxylic acids is 1. The molecule has 2 aromatic rings. The molecule has 1 aliphatic heterocycles. The van der Waals surface area contributed by atoms with E-state index < -0.39 is 11.9 Å². The molecule has 6 nitrogen and oxygen atoms in total. The lowest BCUT2D eigenvalue weighted by Crippen LogP contribution is -2.38. The zero-order valence-corrected chi connectivity index (χ0v) is 15.7. The fourth-order valence-electron chi connectivity index (χ4n) is 3.40. The number of aryl methyl sites for hydroxylation is 1. The van der Waals surface area contributed by atoms with Gasteiger partial charge in [-0.05, 0) is 54.8 Å². The lowest BCUT2D eigenvalue weighted by atomic mass is 9.86.